The van der Waals surface area contributed by atoms with Crippen LogP contribution in [-0.2, 0) is 16.1 Å². The molecule has 17 heavy (non-hydrogen) atoms. The fourth-order valence-corrected chi connectivity index (χ4v) is 1.78. The Kier molecular flexibility index (Phi) is 3.40. The molecule has 1 aromatic heterocycles. The highest BCUT2D eigenvalue weighted by Crippen LogP contribution is 2.29. The van der Waals surface area contributed by atoms with Crippen LogP contribution >= 0.6 is 0 Å². The van der Waals surface area contributed by atoms with Crippen LogP contribution in [0.15, 0.2) is 16.8 Å². The molecule has 0 aliphatic carbocycles. The van der Waals surface area contributed by atoms with Crippen LogP contribution in [0.1, 0.15) is 18.6 Å². The van der Waals surface area contributed by atoms with E-state index >= 15 is 0 Å². The summed E-state index contributed by atoms with van der Waals surface area (Å²) in [5.41, 5.74) is -0.960. The third-order valence-corrected chi connectivity index (χ3v) is 2.91. The predicted molar refractivity (Wildman–Crippen MR) is 56.4 cm³/mol. The molecule has 0 aromatic carbocycles. The minimum absolute atomic E-state index is 0.253. The molecule has 1 aliphatic heterocycles. The van der Waals surface area contributed by atoms with E-state index in [1.165, 1.54) is 6.20 Å². The fraction of sp³-hybridized carbons (Fsp3) is 0.545. The van der Waals surface area contributed by atoms with Gasteiger partial charge in [0.25, 0.3) is 0 Å². The molecule has 2 heterocycles. The summed E-state index contributed by atoms with van der Waals surface area (Å²) in [7, 11) is 0. The van der Waals surface area contributed by atoms with Crippen molar-refractivity contribution in [1.29, 1.82) is 5.26 Å². The number of nitriles is 1. The molecule has 2 rings (SSSR count). The average Bonchev–Trinajstić information content (AvgIpc) is 2.90. The zero-order valence-corrected chi connectivity index (χ0v) is 9.31. The van der Waals surface area contributed by atoms with Crippen molar-refractivity contribution in [2.75, 3.05) is 13.2 Å². The second-order valence-electron chi connectivity index (χ2n) is 3.97. The molecule has 0 spiro atoms. The van der Waals surface area contributed by atoms with Crippen LogP contribution in [0.5, 0.6) is 0 Å². The molecule has 1 aliphatic rings. The molecule has 0 saturated carbocycles. The second-order valence-corrected chi connectivity index (χ2v) is 3.97. The zero-order valence-electron chi connectivity index (χ0n) is 9.31. The van der Waals surface area contributed by atoms with Gasteiger partial charge in [-0.2, -0.15) is 5.26 Å². The maximum atomic E-state index is 12.0. The van der Waals surface area contributed by atoms with E-state index in [1.54, 1.807) is 6.07 Å². The Labute approximate surface area is 98.5 Å². The van der Waals surface area contributed by atoms with Crippen LogP contribution < -0.4 is 5.32 Å². The molecule has 1 fully saturated rings. The van der Waals surface area contributed by atoms with Crippen LogP contribution in [0, 0.1) is 16.7 Å². The van der Waals surface area contributed by atoms with Crippen LogP contribution in [0.3, 0.4) is 0 Å². The van der Waals surface area contributed by atoms with Crippen molar-refractivity contribution in [3.05, 3.63) is 18.0 Å². The smallest absolute Gasteiger partial charge is 0.241 e. The molecular formula is C11H13N3O3. The summed E-state index contributed by atoms with van der Waals surface area (Å²) >= 11 is 0. The lowest BCUT2D eigenvalue weighted by Crippen LogP contribution is -2.43. The average molecular weight is 235 g/mol. The van der Waals surface area contributed by atoms with E-state index < -0.39 is 5.41 Å². The van der Waals surface area contributed by atoms with Gasteiger partial charge in [-0.3, -0.25) is 4.79 Å². The Bertz CT molecular complexity index is 416. The first-order chi connectivity index (χ1) is 8.27. The summed E-state index contributed by atoms with van der Waals surface area (Å²) in [6, 6.07) is 3.78. The first-order valence-corrected chi connectivity index (χ1v) is 5.44. The van der Waals surface area contributed by atoms with E-state index in [1.807, 2.05) is 0 Å². The number of nitrogens with one attached hydrogen (secondary N) is 1. The first-order valence-electron chi connectivity index (χ1n) is 5.44. The molecule has 90 valence electrons. The molecule has 6 nitrogen and oxygen atoms in total. The minimum atomic E-state index is -0.960. The number of amides is 1. The van der Waals surface area contributed by atoms with Crippen molar-refractivity contribution in [2.24, 2.45) is 5.41 Å². The Morgan fingerprint density at radius 1 is 1.59 bits per heavy atom. The standard InChI is InChI=1S/C11H13N3O3/c12-8-11(2-5-16-6-3-11)10(15)13-7-9-1-4-14-17-9/h1,4H,2-3,5-7H2,(H,13,15). The number of rotatable bonds is 3. The van der Waals surface area contributed by atoms with E-state index in [2.05, 4.69) is 16.5 Å². The number of aromatic nitrogens is 1. The van der Waals surface area contributed by atoms with E-state index in [0.717, 1.165) is 0 Å². The summed E-state index contributed by atoms with van der Waals surface area (Å²) in [5, 5.41) is 15.4. The van der Waals surface area contributed by atoms with E-state index in [-0.39, 0.29) is 12.5 Å². The van der Waals surface area contributed by atoms with Crippen molar-refractivity contribution < 1.29 is 14.1 Å². The SMILES string of the molecule is N#CC1(C(=O)NCc2ccno2)CCOCC1. The first kappa shape index (κ1) is 11.6. The molecule has 1 aromatic rings. The lowest BCUT2D eigenvalue weighted by Gasteiger charge is -2.28. The minimum Gasteiger partial charge on any atom is -0.381 e. The van der Waals surface area contributed by atoms with E-state index in [0.29, 0.717) is 31.8 Å². The largest absolute Gasteiger partial charge is 0.381 e. The lowest BCUT2D eigenvalue weighted by molar-refractivity contribution is -0.132. The van der Waals surface area contributed by atoms with Crippen LogP contribution in [0.4, 0.5) is 0 Å². The molecule has 1 amide bonds. The van der Waals surface area contributed by atoms with Crippen molar-refractivity contribution in [3.8, 4) is 6.07 Å². The van der Waals surface area contributed by atoms with Crippen LogP contribution in [0.25, 0.3) is 0 Å². The number of ether oxygens (including phenoxy) is 1. The maximum absolute atomic E-state index is 12.0. The van der Waals surface area contributed by atoms with Gasteiger partial charge in [0.05, 0.1) is 18.8 Å². The highest BCUT2D eigenvalue weighted by molar-refractivity contribution is 5.85. The molecule has 1 saturated heterocycles. The topological polar surface area (TPSA) is 88.2 Å². The summed E-state index contributed by atoms with van der Waals surface area (Å²) in [4.78, 5) is 12.0. The van der Waals surface area contributed by atoms with E-state index in [9.17, 15) is 4.79 Å². The van der Waals surface area contributed by atoms with Crippen molar-refractivity contribution in [2.45, 2.75) is 19.4 Å². The number of hydrogen-bond acceptors (Lipinski definition) is 5. The molecule has 6 heteroatoms. The van der Waals surface area contributed by atoms with Gasteiger partial charge in [0.15, 0.2) is 5.76 Å². The highest BCUT2D eigenvalue weighted by Gasteiger charge is 2.40. The van der Waals surface area contributed by atoms with E-state index in [4.69, 9.17) is 14.5 Å². The van der Waals surface area contributed by atoms with Gasteiger partial charge in [0.1, 0.15) is 5.41 Å². The van der Waals surface area contributed by atoms with Crippen molar-refractivity contribution in [1.82, 2.24) is 10.5 Å². The third-order valence-electron chi connectivity index (χ3n) is 2.91. The van der Waals surface area contributed by atoms with Gasteiger partial charge in [0.2, 0.25) is 5.91 Å². The zero-order chi connectivity index (χ0) is 12.1. The lowest BCUT2D eigenvalue weighted by atomic mass is 9.81. The van der Waals surface area contributed by atoms with Gasteiger partial charge in [-0.05, 0) is 12.8 Å². The van der Waals surface area contributed by atoms with Gasteiger partial charge in [0, 0.05) is 19.3 Å². The summed E-state index contributed by atoms with van der Waals surface area (Å²) in [6.07, 6.45) is 2.38. The quantitative estimate of drug-likeness (QED) is 0.829. The fourth-order valence-electron chi connectivity index (χ4n) is 1.78. The Morgan fingerprint density at radius 2 is 2.35 bits per heavy atom. The second kappa shape index (κ2) is 4.97. The van der Waals surface area contributed by atoms with Crippen LogP contribution in [-0.4, -0.2) is 24.3 Å². The number of carbonyl (C=O) groups excluding carboxylic acids is 1. The molecule has 0 bridgehead atoms. The molecular weight excluding hydrogens is 222 g/mol. The van der Waals surface area contributed by atoms with Crippen molar-refractivity contribution >= 4 is 5.91 Å². The Morgan fingerprint density at radius 3 is 2.94 bits per heavy atom. The predicted octanol–water partition coefficient (Wildman–Crippen LogP) is 0.611. The molecule has 0 radical (unpaired) electrons. The van der Waals surface area contributed by atoms with Gasteiger partial charge in [-0.25, -0.2) is 0 Å². The normalized spacial score (nSPS) is 18.3. The van der Waals surface area contributed by atoms with Gasteiger partial charge >= 0.3 is 0 Å². The number of carbonyl (C=O) groups is 1. The Balaban J connectivity index is 1.96. The summed E-state index contributed by atoms with van der Waals surface area (Å²) in [5.74, 6) is 0.304. The van der Waals surface area contributed by atoms with Gasteiger partial charge in [-0.1, -0.05) is 5.16 Å². The number of hydrogen-bond donors (Lipinski definition) is 1. The third kappa shape index (κ3) is 2.45. The summed E-state index contributed by atoms with van der Waals surface area (Å²) < 4.78 is 10.0. The summed E-state index contributed by atoms with van der Waals surface area (Å²) in [6.45, 7) is 1.15. The van der Waals surface area contributed by atoms with Gasteiger partial charge in [-0.15, -0.1) is 0 Å². The van der Waals surface area contributed by atoms with Crippen molar-refractivity contribution in [3.63, 3.8) is 0 Å². The van der Waals surface area contributed by atoms with Gasteiger partial charge < -0.3 is 14.6 Å². The molecule has 0 unspecified atom stereocenters. The Hall–Kier alpha value is -1.87. The van der Waals surface area contributed by atoms with Crippen LogP contribution in [0.2, 0.25) is 0 Å². The highest BCUT2D eigenvalue weighted by atomic mass is 16.5. The molecule has 0 atom stereocenters. The number of nitrogens with zero attached hydrogens (tertiary/aromatic N) is 2. The monoisotopic (exact) mass is 235 g/mol. The molecule has 1 N–H and O–H groups in total. The maximum Gasteiger partial charge on any atom is 0.241 e.